The molecule has 7 nitrogen and oxygen atoms in total. The molecule has 1 aromatic carbocycles. The topological polar surface area (TPSA) is 98.2 Å². The van der Waals surface area contributed by atoms with E-state index in [4.69, 9.17) is 8.83 Å². The zero-order valence-electron chi connectivity index (χ0n) is 11.3. The van der Waals surface area contributed by atoms with Gasteiger partial charge in [0.25, 0.3) is 15.9 Å². The summed E-state index contributed by atoms with van der Waals surface area (Å²) < 4.78 is 49.8. The third-order valence-corrected chi connectivity index (χ3v) is 3.93. The summed E-state index contributed by atoms with van der Waals surface area (Å²) >= 11 is 0. The Morgan fingerprint density at radius 2 is 1.77 bits per heavy atom. The van der Waals surface area contributed by atoms with E-state index in [-0.39, 0.29) is 22.4 Å². The first-order valence-corrected chi connectivity index (χ1v) is 7.61. The highest BCUT2D eigenvalue weighted by atomic mass is 32.2. The normalized spacial score (nSPS) is 11.5. The maximum Gasteiger partial charge on any atom is 0.295 e. The van der Waals surface area contributed by atoms with E-state index in [0.29, 0.717) is 5.89 Å². The van der Waals surface area contributed by atoms with Crippen molar-refractivity contribution in [3.63, 3.8) is 0 Å². The molecule has 0 fully saturated rings. The first-order valence-electron chi connectivity index (χ1n) is 6.13. The summed E-state index contributed by atoms with van der Waals surface area (Å²) in [4.78, 5) is 0. The van der Waals surface area contributed by atoms with Gasteiger partial charge in [0.05, 0.1) is 0 Å². The molecule has 3 aromatic rings. The summed E-state index contributed by atoms with van der Waals surface area (Å²) in [6.45, 7) is 1.60. The number of nitrogens with one attached hydrogen (secondary N) is 1. The lowest BCUT2D eigenvalue weighted by Crippen LogP contribution is -2.11. The van der Waals surface area contributed by atoms with Gasteiger partial charge in [0.1, 0.15) is 5.82 Å². The van der Waals surface area contributed by atoms with Crippen molar-refractivity contribution in [3.05, 3.63) is 48.1 Å². The Hall–Kier alpha value is -2.68. The fourth-order valence-electron chi connectivity index (χ4n) is 1.70. The average molecular weight is 323 g/mol. The van der Waals surface area contributed by atoms with Crippen molar-refractivity contribution in [2.24, 2.45) is 0 Å². The molecule has 1 N–H and O–H groups in total. The third kappa shape index (κ3) is 2.84. The minimum Gasteiger partial charge on any atom is -0.438 e. The van der Waals surface area contributed by atoms with Gasteiger partial charge in [0.2, 0.25) is 11.0 Å². The molecule has 0 amide bonds. The predicted molar refractivity (Wildman–Crippen MR) is 73.9 cm³/mol. The van der Waals surface area contributed by atoms with Crippen molar-refractivity contribution < 1.29 is 21.6 Å². The van der Waals surface area contributed by atoms with Crippen LogP contribution >= 0.6 is 0 Å². The maximum atomic E-state index is 12.8. The number of aromatic nitrogens is 2. The lowest BCUT2D eigenvalue weighted by molar-refractivity contribution is 0.439. The summed E-state index contributed by atoms with van der Waals surface area (Å²) in [5, 5.41) is 7.05. The zero-order chi connectivity index (χ0) is 15.7. The Labute approximate surface area is 124 Å². The van der Waals surface area contributed by atoms with Crippen LogP contribution in [0.4, 0.5) is 10.1 Å². The summed E-state index contributed by atoms with van der Waals surface area (Å²) in [5.41, 5.74) is 0.216. The number of halogens is 1. The molecular weight excluding hydrogens is 313 g/mol. The number of rotatable bonds is 4. The van der Waals surface area contributed by atoms with Crippen LogP contribution in [0.25, 0.3) is 11.7 Å². The average Bonchev–Trinajstić information content (AvgIpc) is 3.10. The molecule has 2 heterocycles. The molecule has 0 spiro atoms. The summed E-state index contributed by atoms with van der Waals surface area (Å²) in [7, 11) is -3.94. The van der Waals surface area contributed by atoms with Gasteiger partial charge < -0.3 is 8.83 Å². The van der Waals surface area contributed by atoms with Crippen LogP contribution < -0.4 is 4.72 Å². The molecule has 3 rings (SSSR count). The Bertz CT molecular complexity index is 900. The van der Waals surface area contributed by atoms with Gasteiger partial charge in [0.15, 0.2) is 5.76 Å². The molecule has 0 bridgehead atoms. The minimum absolute atomic E-state index is 0.0840. The predicted octanol–water partition coefficient (Wildman–Crippen LogP) is 2.58. The molecule has 2 aromatic heterocycles. The number of sulfonamides is 1. The molecule has 0 aliphatic carbocycles. The van der Waals surface area contributed by atoms with Crippen molar-refractivity contribution in [2.45, 2.75) is 12.0 Å². The van der Waals surface area contributed by atoms with Gasteiger partial charge in [0, 0.05) is 12.6 Å². The largest absolute Gasteiger partial charge is 0.438 e. The van der Waals surface area contributed by atoms with Gasteiger partial charge in [-0.05, 0) is 36.4 Å². The first kappa shape index (κ1) is 14.3. The highest BCUT2D eigenvalue weighted by molar-refractivity contribution is 7.92. The van der Waals surface area contributed by atoms with Gasteiger partial charge >= 0.3 is 0 Å². The summed E-state index contributed by atoms with van der Waals surface area (Å²) in [6, 6.07) is 7.57. The van der Waals surface area contributed by atoms with Crippen molar-refractivity contribution in [1.82, 2.24) is 10.2 Å². The lowest BCUT2D eigenvalue weighted by Gasteiger charge is -2.05. The van der Waals surface area contributed by atoms with Crippen molar-refractivity contribution in [3.8, 4) is 11.7 Å². The number of nitrogens with zero attached hydrogens (tertiary/aromatic N) is 2. The zero-order valence-corrected chi connectivity index (χ0v) is 12.1. The van der Waals surface area contributed by atoms with E-state index in [2.05, 4.69) is 14.9 Å². The third-order valence-electron chi connectivity index (χ3n) is 2.68. The number of hydrogen-bond acceptors (Lipinski definition) is 6. The standard InChI is InChI=1S/C13H10FN3O4S/c1-8-15-16-13(20-8)11-6-7-12(21-11)22(18,19)17-10-4-2-9(14)3-5-10/h2-7,17H,1H3. The number of hydrogen-bond donors (Lipinski definition) is 1. The SMILES string of the molecule is Cc1nnc(-c2ccc(S(=O)(=O)Nc3ccc(F)cc3)o2)o1. The quantitative estimate of drug-likeness (QED) is 0.792. The van der Waals surface area contributed by atoms with E-state index < -0.39 is 15.8 Å². The molecular formula is C13H10FN3O4S. The maximum absolute atomic E-state index is 12.8. The van der Waals surface area contributed by atoms with Gasteiger partial charge in [-0.2, -0.15) is 8.42 Å². The second-order valence-electron chi connectivity index (χ2n) is 4.36. The van der Waals surface area contributed by atoms with E-state index in [1.165, 1.54) is 24.3 Å². The second-order valence-corrected chi connectivity index (χ2v) is 5.97. The Balaban J connectivity index is 1.86. The van der Waals surface area contributed by atoms with Crippen molar-refractivity contribution in [1.29, 1.82) is 0 Å². The molecule has 0 saturated heterocycles. The molecule has 22 heavy (non-hydrogen) atoms. The van der Waals surface area contributed by atoms with Crippen LogP contribution in [0.2, 0.25) is 0 Å². The molecule has 0 atom stereocenters. The summed E-state index contributed by atoms with van der Waals surface area (Å²) in [5.74, 6) is 0.0936. The molecule has 0 unspecified atom stereocenters. The number of anilines is 1. The smallest absolute Gasteiger partial charge is 0.295 e. The van der Waals surface area contributed by atoms with Gasteiger partial charge in [-0.1, -0.05) is 0 Å². The van der Waals surface area contributed by atoms with Gasteiger partial charge in [-0.3, -0.25) is 4.72 Å². The van der Waals surface area contributed by atoms with Crippen LogP contribution in [0, 0.1) is 12.7 Å². The highest BCUT2D eigenvalue weighted by Crippen LogP contribution is 2.24. The van der Waals surface area contributed by atoms with E-state index in [1.54, 1.807) is 6.92 Å². The van der Waals surface area contributed by atoms with E-state index >= 15 is 0 Å². The molecule has 9 heteroatoms. The molecule has 0 radical (unpaired) electrons. The molecule has 114 valence electrons. The second kappa shape index (κ2) is 5.26. The molecule has 0 aliphatic heterocycles. The number of aryl methyl sites for hydroxylation is 1. The van der Waals surface area contributed by atoms with Crippen LogP contribution in [0.15, 0.2) is 50.3 Å². The lowest BCUT2D eigenvalue weighted by atomic mass is 10.3. The monoisotopic (exact) mass is 323 g/mol. The molecule has 0 aliphatic rings. The van der Waals surface area contributed by atoms with Crippen LogP contribution in [0.3, 0.4) is 0 Å². The minimum atomic E-state index is -3.94. The number of furan rings is 1. The van der Waals surface area contributed by atoms with Crippen LogP contribution in [-0.2, 0) is 10.0 Å². The van der Waals surface area contributed by atoms with Crippen molar-refractivity contribution >= 4 is 15.7 Å². The van der Waals surface area contributed by atoms with Gasteiger partial charge in [-0.25, -0.2) is 4.39 Å². The fraction of sp³-hybridized carbons (Fsp3) is 0.0769. The molecule has 0 saturated carbocycles. The summed E-state index contributed by atoms with van der Waals surface area (Å²) in [6.07, 6.45) is 0. The Morgan fingerprint density at radius 3 is 2.41 bits per heavy atom. The van der Waals surface area contributed by atoms with Crippen LogP contribution in [-0.4, -0.2) is 18.6 Å². The Morgan fingerprint density at radius 1 is 1.05 bits per heavy atom. The fourth-order valence-corrected chi connectivity index (χ4v) is 2.69. The highest BCUT2D eigenvalue weighted by Gasteiger charge is 2.21. The van der Waals surface area contributed by atoms with E-state index in [9.17, 15) is 12.8 Å². The first-order chi connectivity index (χ1) is 10.4. The Kier molecular flexibility index (Phi) is 3.41. The van der Waals surface area contributed by atoms with Gasteiger partial charge in [-0.15, -0.1) is 10.2 Å². The van der Waals surface area contributed by atoms with E-state index in [0.717, 1.165) is 12.1 Å². The number of benzene rings is 1. The van der Waals surface area contributed by atoms with E-state index in [1.807, 2.05) is 0 Å². The van der Waals surface area contributed by atoms with Crippen LogP contribution in [0.5, 0.6) is 0 Å². The van der Waals surface area contributed by atoms with Crippen LogP contribution in [0.1, 0.15) is 5.89 Å². The van der Waals surface area contributed by atoms with Crippen molar-refractivity contribution in [2.75, 3.05) is 4.72 Å².